The molecule has 0 aromatic heterocycles. The first-order valence-corrected chi connectivity index (χ1v) is 13.8. The van der Waals surface area contributed by atoms with Crippen molar-refractivity contribution in [2.24, 2.45) is 0 Å². The maximum Gasteiger partial charge on any atom is 0.242 e. The molecule has 0 spiro atoms. The third kappa shape index (κ3) is 8.22. The number of nitrogens with one attached hydrogen (secondary N) is 1. The van der Waals surface area contributed by atoms with Crippen LogP contribution in [0, 0.1) is 5.82 Å². The Kier molecular flexibility index (Phi) is 10.7. The van der Waals surface area contributed by atoms with Gasteiger partial charge < -0.3 is 15.0 Å². The van der Waals surface area contributed by atoms with Gasteiger partial charge in [0, 0.05) is 31.1 Å². The van der Waals surface area contributed by atoms with E-state index in [-0.39, 0.29) is 43.8 Å². The van der Waals surface area contributed by atoms with Crippen molar-refractivity contribution < 1.29 is 27.1 Å². The fraction of sp³-hybridized carbons (Fsp3) is 0.462. The van der Waals surface area contributed by atoms with Gasteiger partial charge in [0.1, 0.15) is 17.6 Å². The molecule has 2 aromatic rings. The third-order valence-corrected chi connectivity index (χ3v) is 7.17. The zero-order chi connectivity index (χ0) is 26.9. The molecule has 0 saturated carbocycles. The van der Waals surface area contributed by atoms with Gasteiger partial charge >= 0.3 is 0 Å². The number of rotatable bonds is 13. The van der Waals surface area contributed by atoms with Crippen LogP contribution in [0.4, 0.5) is 10.1 Å². The second-order valence-electron chi connectivity index (χ2n) is 8.74. The van der Waals surface area contributed by atoms with Gasteiger partial charge in [0.05, 0.1) is 19.1 Å². The highest BCUT2D eigenvalue weighted by Gasteiger charge is 2.28. The van der Waals surface area contributed by atoms with Crippen molar-refractivity contribution in [1.82, 2.24) is 10.2 Å². The van der Waals surface area contributed by atoms with Gasteiger partial charge in [0.15, 0.2) is 0 Å². The number of halogens is 1. The van der Waals surface area contributed by atoms with E-state index in [1.54, 1.807) is 49.4 Å². The molecule has 0 radical (unpaired) electrons. The van der Waals surface area contributed by atoms with E-state index < -0.39 is 21.9 Å². The Balaban J connectivity index is 2.18. The molecule has 2 rings (SSSR count). The van der Waals surface area contributed by atoms with Crippen LogP contribution in [0.15, 0.2) is 48.5 Å². The van der Waals surface area contributed by atoms with E-state index in [4.69, 9.17) is 4.74 Å². The van der Waals surface area contributed by atoms with Crippen LogP contribution in [0.5, 0.6) is 5.75 Å². The second-order valence-corrected chi connectivity index (χ2v) is 10.7. The number of benzene rings is 2. The number of anilines is 1. The van der Waals surface area contributed by atoms with Gasteiger partial charge in [-0.15, -0.1) is 0 Å². The van der Waals surface area contributed by atoms with Crippen molar-refractivity contribution in [2.75, 3.05) is 24.2 Å². The topological polar surface area (TPSA) is 96.0 Å². The fourth-order valence-corrected chi connectivity index (χ4v) is 4.58. The lowest BCUT2D eigenvalue weighted by molar-refractivity contribution is -0.141. The normalized spacial score (nSPS) is 12.9. The first-order chi connectivity index (χ1) is 17.0. The van der Waals surface area contributed by atoms with Crippen LogP contribution in [-0.2, 0) is 26.2 Å². The average Bonchev–Trinajstić information content (AvgIpc) is 2.84. The molecular weight excluding hydrogens is 485 g/mol. The molecule has 36 heavy (non-hydrogen) atoms. The standard InChI is InChI=1S/C26H36FN3O5S/c1-6-19(2)28-26(32)20(3)29(18-21-10-7-8-11-24(21)27)25(31)12-9-17-30(36(5,33)34)22-13-15-23(35-4)16-14-22/h7-8,10-11,13-16,19-20H,6,9,12,17-18H2,1-5H3,(H,28,32)/t19-,20+/m1/s1. The van der Waals surface area contributed by atoms with Crippen LogP contribution >= 0.6 is 0 Å². The van der Waals surface area contributed by atoms with Gasteiger partial charge in [-0.3, -0.25) is 13.9 Å². The molecule has 0 unspecified atom stereocenters. The maximum atomic E-state index is 14.4. The number of sulfonamides is 1. The Bertz CT molecular complexity index is 1120. The Hall–Kier alpha value is -3.14. The molecule has 10 heteroatoms. The van der Waals surface area contributed by atoms with Gasteiger partial charge in [-0.25, -0.2) is 12.8 Å². The Morgan fingerprint density at radius 2 is 1.72 bits per heavy atom. The molecule has 0 aliphatic rings. The molecule has 2 aromatic carbocycles. The van der Waals surface area contributed by atoms with Gasteiger partial charge in [0.2, 0.25) is 21.8 Å². The molecule has 0 aliphatic carbocycles. The smallest absolute Gasteiger partial charge is 0.242 e. The molecule has 0 heterocycles. The van der Waals surface area contributed by atoms with E-state index in [9.17, 15) is 22.4 Å². The minimum atomic E-state index is -3.60. The Labute approximate surface area is 213 Å². The maximum absolute atomic E-state index is 14.4. The van der Waals surface area contributed by atoms with Crippen molar-refractivity contribution in [1.29, 1.82) is 0 Å². The Morgan fingerprint density at radius 1 is 1.08 bits per heavy atom. The monoisotopic (exact) mass is 521 g/mol. The first kappa shape index (κ1) is 29.1. The molecule has 2 amide bonds. The van der Waals surface area contributed by atoms with E-state index in [1.807, 2.05) is 13.8 Å². The summed E-state index contributed by atoms with van der Waals surface area (Å²) in [5.74, 6) is -0.568. The molecule has 1 N–H and O–H groups in total. The molecule has 0 fully saturated rings. The number of ether oxygens (including phenoxy) is 1. The minimum absolute atomic E-state index is 0.0163. The van der Waals surface area contributed by atoms with E-state index in [0.717, 1.165) is 12.7 Å². The number of methoxy groups -OCH3 is 1. The van der Waals surface area contributed by atoms with Crippen molar-refractivity contribution in [3.05, 3.63) is 59.9 Å². The number of hydrogen-bond donors (Lipinski definition) is 1. The molecule has 0 aliphatic heterocycles. The summed E-state index contributed by atoms with van der Waals surface area (Å²) >= 11 is 0. The Morgan fingerprint density at radius 3 is 2.28 bits per heavy atom. The quantitative estimate of drug-likeness (QED) is 0.434. The number of carbonyl (C=O) groups is 2. The van der Waals surface area contributed by atoms with Gasteiger partial charge in [-0.05, 0) is 57.0 Å². The summed E-state index contributed by atoms with van der Waals surface area (Å²) < 4.78 is 45.5. The summed E-state index contributed by atoms with van der Waals surface area (Å²) in [4.78, 5) is 27.4. The largest absolute Gasteiger partial charge is 0.497 e. The minimum Gasteiger partial charge on any atom is -0.497 e. The highest BCUT2D eigenvalue weighted by atomic mass is 32.2. The van der Waals surface area contributed by atoms with Crippen molar-refractivity contribution in [3.63, 3.8) is 0 Å². The number of nitrogens with zero attached hydrogens (tertiary/aromatic N) is 2. The summed E-state index contributed by atoms with van der Waals surface area (Å²) in [7, 11) is -2.08. The molecule has 0 saturated heterocycles. The number of amides is 2. The van der Waals surface area contributed by atoms with Crippen LogP contribution in [0.25, 0.3) is 0 Å². The number of carbonyl (C=O) groups excluding carboxylic acids is 2. The molecule has 198 valence electrons. The van der Waals surface area contributed by atoms with Gasteiger partial charge in [0.25, 0.3) is 0 Å². The van der Waals surface area contributed by atoms with E-state index in [1.165, 1.54) is 22.4 Å². The zero-order valence-electron chi connectivity index (χ0n) is 21.5. The summed E-state index contributed by atoms with van der Waals surface area (Å²) in [6.07, 6.45) is 2.03. The fourth-order valence-electron chi connectivity index (χ4n) is 3.61. The highest BCUT2D eigenvalue weighted by molar-refractivity contribution is 7.92. The van der Waals surface area contributed by atoms with Gasteiger partial charge in [-0.2, -0.15) is 0 Å². The van der Waals surface area contributed by atoms with Crippen LogP contribution < -0.4 is 14.4 Å². The second kappa shape index (κ2) is 13.2. The molecular formula is C26H36FN3O5S. The average molecular weight is 522 g/mol. The van der Waals surface area contributed by atoms with Crippen molar-refractivity contribution >= 4 is 27.5 Å². The van der Waals surface area contributed by atoms with Crippen molar-refractivity contribution in [2.45, 2.75) is 58.7 Å². The lowest BCUT2D eigenvalue weighted by atomic mass is 10.1. The summed E-state index contributed by atoms with van der Waals surface area (Å²) in [5.41, 5.74) is 0.750. The number of hydrogen-bond acceptors (Lipinski definition) is 5. The van der Waals surface area contributed by atoms with E-state index in [0.29, 0.717) is 17.0 Å². The van der Waals surface area contributed by atoms with Crippen LogP contribution in [0.2, 0.25) is 0 Å². The molecule has 0 bridgehead atoms. The van der Waals surface area contributed by atoms with Gasteiger partial charge in [-0.1, -0.05) is 25.1 Å². The predicted molar refractivity (Wildman–Crippen MR) is 139 cm³/mol. The molecule has 2 atom stereocenters. The van der Waals surface area contributed by atoms with Crippen molar-refractivity contribution in [3.8, 4) is 5.75 Å². The van der Waals surface area contributed by atoms with Crippen LogP contribution in [0.1, 0.15) is 45.6 Å². The lowest BCUT2D eigenvalue weighted by Gasteiger charge is -2.30. The zero-order valence-corrected chi connectivity index (χ0v) is 22.3. The first-order valence-electron chi connectivity index (χ1n) is 11.9. The predicted octanol–water partition coefficient (Wildman–Crippen LogP) is 3.71. The highest BCUT2D eigenvalue weighted by Crippen LogP contribution is 2.22. The van der Waals surface area contributed by atoms with E-state index >= 15 is 0 Å². The summed E-state index contributed by atoms with van der Waals surface area (Å²) in [6.45, 7) is 5.41. The van der Waals surface area contributed by atoms with Crippen LogP contribution in [-0.4, -0.2) is 57.1 Å². The summed E-state index contributed by atoms with van der Waals surface area (Å²) in [6, 6.07) is 11.8. The van der Waals surface area contributed by atoms with Crippen LogP contribution in [0.3, 0.4) is 0 Å². The lowest BCUT2D eigenvalue weighted by Crippen LogP contribution is -2.49. The summed E-state index contributed by atoms with van der Waals surface area (Å²) in [5, 5.41) is 2.87. The third-order valence-electron chi connectivity index (χ3n) is 5.98. The van der Waals surface area contributed by atoms with E-state index in [2.05, 4.69) is 5.32 Å². The SMILES string of the molecule is CC[C@@H](C)NC(=O)[C@H](C)N(Cc1ccccc1F)C(=O)CCCN(c1ccc(OC)cc1)S(C)(=O)=O. The molecule has 8 nitrogen and oxygen atoms in total.